The van der Waals surface area contributed by atoms with Gasteiger partial charge in [0, 0.05) is 5.69 Å². The highest BCUT2D eigenvalue weighted by Crippen LogP contribution is 2.34. The number of carbonyl (C=O) groups excluding carboxylic acids is 2. The van der Waals surface area contributed by atoms with Crippen LogP contribution >= 0.6 is 11.3 Å². The number of nitrogens with one attached hydrogen (secondary N) is 1. The zero-order valence-corrected chi connectivity index (χ0v) is 16.7. The zero-order chi connectivity index (χ0) is 20.2. The first-order valence-electron chi connectivity index (χ1n) is 9.22. The highest BCUT2D eigenvalue weighted by molar-refractivity contribution is 7.12. The molecule has 1 aromatic heterocycles. The number of aryl methyl sites for hydroxylation is 1. The molecule has 29 heavy (non-hydrogen) atoms. The van der Waals surface area contributed by atoms with Crippen molar-refractivity contribution in [1.82, 2.24) is 0 Å². The van der Waals surface area contributed by atoms with E-state index in [2.05, 4.69) is 5.32 Å². The number of nitrogens with zero attached hydrogens (tertiary/aromatic N) is 1. The van der Waals surface area contributed by atoms with Gasteiger partial charge in [0.1, 0.15) is 18.1 Å². The molecule has 2 aromatic carbocycles. The monoisotopic (exact) mass is 408 g/mol. The van der Waals surface area contributed by atoms with E-state index >= 15 is 0 Å². The van der Waals surface area contributed by atoms with Crippen LogP contribution in [0.15, 0.2) is 60.0 Å². The third-order valence-electron chi connectivity index (χ3n) is 4.51. The van der Waals surface area contributed by atoms with Crippen LogP contribution in [0.3, 0.4) is 0 Å². The number of hydrogen-bond donors (Lipinski definition) is 1. The van der Waals surface area contributed by atoms with E-state index in [1.807, 2.05) is 42.6 Å². The minimum Gasteiger partial charge on any atom is -0.492 e. The molecule has 1 aliphatic heterocycles. The average Bonchev–Trinajstić information content (AvgIpc) is 3.26. The summed E-state index contributed by atoms with van der Waals surface area (Å²) < 4.78 is 11.3. The van der Waals surface area contributed by atoms with Crippen LogP contribution in [-0.4, -0.2) is 31.6 Å². The Morgan fingerprint density at radius 2 is 2.03 bits per heavy atom. The number of ether oxygens (including phenoxy) is 2. The van der Waals surface area contributed by atoms with Crippen molar-refractivity contribution in [2.75, 3.05) is 30.0 Å². The molecule has 2 heterocycles. The summed E-state index contributed by atoms with van der Waals surface area (Å²) in [5, 5.41) is 4.72. The van der Waals surface area contributed by atoms with Crippen molar-refractivity contribution in [3.05, 3.63) is 70.4 Å². The second kappa shape index (κ2) is 8.36. The van der Waals surface area contributed by atoms with Gasteiger partial charge >= 0.3 is 0 Å². The summed E-state index contributed by atoms with van der Waals surface area (Å²) in [5.41, 5.74) is 2.38. The molecule has 0 saturated heterocycles. The molecule has 0 bridgehead atoms. The lowest BCUT2D eigenvalue weighted by Crippen LogP contribution is -2.41. The summed E-state index contributed by atoms with van der Waals surface area (Å²) in [4.78, 5) is 27.0. The van der Waals surface area contributed by atoms with Gasteiger partial charge in [0.25, 0.3) is 11.8 Å². The van der Waals surface area contributed by atoms with E-state index in [0.717, 1.165) is 11.3 Å². The highest BCUT2D eigenvalue weighted by atomic mass is 32.1. The van der Waals surface area contributed by atoms with E-state index in [0.29, 0.717) is 35.2 Å². The lowest BCUT2D eigenvalue weighted by molar-refractivity contribution is -0.121. The molecular formula is C22H20N2O4S. The summed E-state index contributed by atoms with van der Waals surface area (Å²) in [6, 6.07) is 16.6. The maximum Gasteiger partial charge on any atom is 0.265 e. The van der Waals surface area contributed by atoms with Crippen LogP contribution in [-0.2, 0) is 4.79 Å². The van der Waals surface area contributed by atoms with Crippen molar-refractivity contribution in [2.45, 2.75) is 6.92 Å². The lowest BCUT2D eigenvalue weighted by Gasteiger charge is -2.29. The molecule has 0 atom stereocenters. The quantitative estimate of drug-likeness (QED) is 0.666. The minimum atomic E-state index is -0.183. The predicted molar refractivity (Wildman–Crippen MR) is 113 cm³/mol. The molecule has 3 aromatic rings. The topological polar surface area (TPSA) is 67.9 Å². The van der Waals surface area contributed by atoms with Crippen LogP contribution in [0.25, 0.3) is 0 Å². The van der Waals surface area contributed by atoms with Gasteiger partial charge in [-0.15, -0.1) is 11.3 Å². The first-order chi connectivity index (χ1) is 14.1. The standard InChI is InChI=1S/C22H20N2O4S/c1-15-4-7-17(8-5-15)27-11-10-24-18-13-16(6-9-19(18)28-14-21(24)25)23-22(26)20-3-2-12-29-20/h2-9,12-13H,10-11,14H2,1H3,(H,23,26). The number of carbonyl (C=O) groups is 2. The number of benzene rings is 2. The molecule has 0 spiro atoms. The third-order valence-corrected chi connectivity index (χ3v) is 5.38. The second-order valence-electron chi connectivity index (χ2n) is 6.61. The Balaban J connectivity index is 1.47. The Morgan fingerprint density at radius 3 is 2.79 bits per heavy atom. The maximum absolute atomic E-state index is 12.4. The first kappa shape index (κ1) is 19.0. The van der Waals surface area contributed by atoms with Crippen molar-refractivity contribution < 1.29 is 19.1 Å². The fraction of sp³-hybridized carbons (Fsp3) is 0.182. The Morgan fingerprint density at radius 1 is 1.21 bits per heavy atom. The SMILES string of the molecule is Cc1ccc(OCCN2C(=O)COc3ccc(NC(=O)c4cccs4)cc32)cc1. The van der Waals surface area contributed by atoms with Gasteiger partial charge in [-0.3, -0.25) is 9.59 Å². The summed E-state index contributed by atoms with van der Waals surface area (Å²) in [6.45, 7) is 2.73. The lowest BCUT2D eigenvalue weighted by atomic mass is 10.2. The molecule has 7 heteroatoms. The molecule has 0 unspecified atom stereocenters. The largest absolute Gasteiger partial charge is 0.492 e. The van der Waals surface area contributed by atoms with E-state index in [9.17, 15) is 9.59 Å². The highest BCUT2D eigenvalue weighted by Gasteiger charge is 2.26. The Bertz CT molecular complexity index is 1020. The van der Waals surface area contributed by atoms with Gasteiger partial charge in [0.2, 0.25) is 0 Å². The molecule has 0 saturated carbocycles. The van der Waals surface area contributed by atoms with Gasteiger partial charge in [-0.25, -0.2) is 0 Å². The normalized spacial score (nSPS) is 12.9. The summed E-state index contributed by atoms with van der Waals surface area (Å²) in [6.07, 6.45) is 0. The number of anilines is 2. The van der Waals surface area contributed by atoms with Crippen molar-refractivity contribution in [3.63, 3.8) is 0 Å². The van der Waals surface area contributed by atoms with E-state index in [1.54, 1.807) is 29.2 Å². The van der Waals surface area contributed by atoms with Gasteiger partial charge in [0.15, 0.2) is 6.61 Å². The van der Waals surface area contributed by atoms with E-state index in [1.165, 1.54) is 11.3 Å². The fourth-order valence-electron chi connectivity index (χ4n) is 3.01. The first-order valence-corrected chi connectivity index (χ1v) is 10.1. The number of thiophene rings is 1. The van der Waals surface area contributed by atoms with Gasteiger partial charge in [0.05, 0.1) is 17.1 Å². The Labute approximate surface area is 172 Å². The van der Waals surface area contributed by atoms with Crippen molar-refractivity contribution >= 4 is 34.5 Å². The molecule has 2 amide bonds. The van der Waals surface area contributed by atoms with Crippen molar-refractivity contribution in [3.8, 4) is 11.5 Å². The number of amides is 2. The molecular weight excluding hydrogens is 388 g/mol. The minimum absolute atomic E-state index is 0.0154. The Hall–Kier alpha value is -3.32. The number of fused-ring (bicyclic) bond motifs is 1. The molecule has 0 fully saturated rings. The van der Waals surface area contributed by atoms with Gasteiger partial charge in [-0.2, -0.15) is 0 Å². The van der Waals surface area contributed by atoms with E-state index < -0.39 is 0 Å². The van der Waals surface area contributed by atoms with Crippen molar-refractivity contribution in [2.24, 2.45) is 0 Å². The molecule has 4 rings (SSSR count). The third kappa shape index (κ3) is 4.41. The van der Waals surface area contributed by atoms with Crippen LogP contribution in [0.2, 0.25) is 0 Å². The maximum atomic E-state index is 12.4. The summed E-state index contributed by atoms with van der Waals surface area (Å²) in [5.74, 6) is 1.03. The molecule has 1 N–H and O–H groups in total. The van der Waals surface area contributed by atoms with Crippen LogP contribution in [0.5, 0.6) is 11.5 Å². The molecule has 1 aliphatic rings. The zero-order valence-electron chi connectivity index (χ0n) is 15.9. The van der Waals surface area contributed by atoms with Gasteiger partial charge < -0.3 is 19.7 Å². The van der Waals surface area contributed by atoms with Crippen molar-refractivity contribution in [1.29, 1.82) is 0 Å². The number of hydrogen-bond acceptors (Lipinski definition) is 5. The molecule has 0 aliphatic carbocycles. The fourth-order valence-corrected chi connectivity index (χ4v) is 3.63. The van der Waals surface area contributed by atoms with E-state index in [4.69, 9.17) is 9.47 Å². The van der Waals surface area contributed by atoms with Crippen LogP contribution in [0.1, 0.15) is 15.2 Å². The van der Waals surface area contributed by atoms with Crippen LogP contribution in [0.4, 0.5) is 11.4 Å². The number of rotatable bonds is 6. The van der Waals surface area contributed by atoms with E-state index in [-0.39, 0.29) is 18.4 Å². The molecule has 0 radical (unpaired) electrons. The summed E-state index contributed by atoms with van der Waals surface area (Å²) in [7, 11) is 0. The van der Waals surface area contributed by atoms with Gasteiger partial charge in [-0.05, 0) is 48.7 Å². The molecule has 148 valence electrons. The predicted octanol–water partition coefficient (Wildman–Crippen LogP) is 4.11. The Kier molecular flexibility index (Phi) is 5.48. The van der Waals surface area contributed by atoms with Crippen LogP contribution in [0, 0.1) is 6.92 Å². The second-order valence-corrected chi connectivity index (χ2v) is 7.56. The van der Waals surface area contributed by atoms with Crippen LogP contribution < -0.4 is 19.7 Å². The summed E-state index contributed by atoms with van der Waals surface area (Å²) >= 11 is 1.37. The molecule has 6 nitrogen and oxygen atoms in total. The average molecular weight is 408 g/mol. The smallest absolute Gasteiger partial charge is 0.265 e. The van der Waals surface area contributed by atoms with Gasteiger partial charge in [-0.1, -0.05) is 23.8 Å².